The third-order valence-corrected chi connectivity index (χ3v) is 6.38. The van der Waals surface area contributed by atoms with E-state index in [1.165, 1.54) is 18.4 Å². The van der Waals surface area contributed by atoms with Crippen molar-refractivity contribution in [1.29, 1.82) is 0 Å². The van der Waals surface area contributed by atoms with Crippen LogP contribution in [0.3, 0.4) is 0 Å². The fourth-order valence-corrected chi connectivity index (χ4v) is 4.68. The second kappa shape index (κ2) is 9.96. The molecule has 0 amide bonds. The van der Waals surface area contributed by atoms with Crippen molar-refractivity contribution in [3.63, 3.8) is 0 Å². The van der Waals surface area contributed by atoms with Gasteiger partial charge in [0.25, 0.3) is 0 Å². The van der Waals surface area contributed by atoms with Crippen LogP contribution in [0.4, 0.5) is 5.69 Å². The number of carbonyl (C=O) groups excluding carboxylic acids is 1. The third-order valence-electron chi connectivity index (χ3n) is 6.08. The van der Waals surface area contributed by atoms with Gasteiger partial charge in [0.05, 0.1) is 5.57 Å². The molecule has 0 atom stereocenters. The predicted octanol–water partition coefficient (Wildman–Crippen LogP) is 5.93. The Labute approximate surface area is 201 Å². The van der Waals surface area contributed by atoms with Crippen LogP contribution in [0.15, 0.2) is 53.7 Å². The van der Waals surface area contributed by atoms with E-state index in [1.54, 1.807) is 0 Å². The average Bonchev–Trinajstić information content (AvgIpc) is 3.24. The van der Waals surface area contributed by atoms with Gasteiger partial charge in [-0.3, -0.25) is 4.79 Å². The highest BCUT2D eigenvalue weighted by molar-refractivity contribution is 7.81. The maximum atomic E-state index is 13.1. The third kappa shape index (κ3) is 5.74. The van der Waals surface area contributed by atoms with Crippen LogP contribution in [0.1, 0.15) is 57.6 Å². The van der Waals surface area contributed by atoms with Crippen LogP contribution >= 0.6 is 12.2 Å². The molecule has 2 N–H and O–H groups in total. The smallest absolute Gasteiger partial charge is 0.231 e. The van der Waals surface area contributed by atoms with Crippen LogP contribution in [-0.4, -0.2) is 17.6 Å². The zero-order chi connectivity index (χ0) is 23.4. The normalized spacial score (nSPS) is 16.6. The first kappa shape index (κ1) is 23.3. The highest BCUT2D eigenvalue weighted by Gasteiger charge is 2.34. The molecule has 174 valence electrons. The average molecular weight is 465 g/mol. The molecule has 2 aliphatic rings. The molecule has 1 heterocycles. The highest BCUT2D eigenvalue weighted by Crippen LogP contribution is 2.37. The van der Waals surface area contributed by atoms with Crippen molar-refractivity contribution in [2.75, 3.05) is 12.1 Å². The van der Waals surface area contributed by atoms with Gasteiger partial charge in [-0.2, -0.15) is 0 Å². The molecule has 0 unspecified atom stereocenters. The fourth-order valence-electron chi connectivity index (χ4n) is 4.32. The van der Waals surface area contributed by atoms with Crippen LogP contribution in [0, 0.1) is 5.41 Å². The number of allylic oxidation sites excluding steroid dienone is 1. The summed E-state index contributed by atoms with van der Waals surface area (Å²) in [5.41, 5.74) is 4.65. The highest BCUT2D eigenvalue weighted by atomic mass is 32.1. The first-order valence-corrected chi connectivity index (χ1v) is 12.0. The van der Waals surface area contributed by atoms with Crippen LogP contribution < -0.4 is 20.1 Å². The molecule has 0 spiro atoms. The molecular formula is C27H32N2O3S. The summed E-state index contributed by atoms with van der Waals surface area (Å²) < 4.78 is 10.9. The molecule has 2 aromatic carbocycles. The zero-order valence-corrected chi connectivity index (χ0v) is 20.4. The molecule has 0 bridgehead atoms. The Hall–Kier alpha value is -2.86. The summed E-state index contributed by atoms with van der Waals surface area (Å²) in [5, 5.41) is 6.79. The summed E-state index contributed by atoms with van der Waals surface area (Å²) in [6, 6.07) is 14.2. The van der Waals surface area contributed by atoms with Crippen molar-refractivity contribution in [2.45, 2.75) is 59.4 Å². The Bertz CT molecular complexity index is 1070. The summed E-state index contributed by atoms with van der Waals surface area (Å²) in [6.07, 6.45) is 4.68. The van der Waals surface area contributed by atoms with Crippen molar-refractivity contribution in [3.8, 4) is 11.5 Å². The molecule has 4 rings (SSSR count). The van der Waals surface area contributed by atoms with Gasteiger partial charge in [0, 0.05) is 24.4 Å². The second-order valence-electron chi connectivity index (χ2n) is 9.59. The molecule has 5 nitrogen and oxygen atoms in total. The Balaban J connectivity index is 1.51. The van der Waals surface area contributed by atoms with E-state index in [4.69, 9.17) is 21.7 Å². The van der Waals surface area contributed by atoms with Gasteiger partial charge >= 0.3 is 0 Å². The first-order chi connectivity index (χ1) is 15.8. The second-order valence-corrected chi connectivity index (χ2v) is 10.00. The molecular weight excluding hydrogens is 432 g/mol. The van der Waals surface area contributed by atoms with Gasteiger partial charge in [-0.05, 0) is 60.1 Å². The summed E-state index contributed by atoms with van der Waals surface area (Å²) >= 11 is 5.72. The molecule has 2 aromatic rings. The lowest BCUT2D eigenvalue weighted by Crippen LogP contribution is -2.35. The van der Waals surface area contributed by atoms with E-state index in [2.05, 4.69) is 43.5 Å². The summed E-state index contributed by atoms with van der Waals surface area (Å²) in [5.74, 6) is 1.60. The quantitative estimate of drug-likeness (QED) is 0.472. The number of benzene rings is 2. The minimum atomic E-state index is -0.117. The number of aryl methyl sites for hydroxylation is 1. The van der Waals surface area contributed by atoms with E-state index in [1.807, 2.05) is 30.3 Å². The molecule has 0 fully saturated rings. The van der Waals surface area contributed by atoms with Gasteiger partial charge in [0.1, 0.15) is 4.99 Å². The molecule has 0 radical (unpaired) electrons. The van der Waals surface area contributed by atoms with Gasteiger partial charge in [-0.1, -0.05) is 57.6 Å². The van der Waals surface area contributed by atoms with Gasteiger partial charge in [0.15, 0.2) is 17.3 Å². The number of rotatable bonds is 8. The molecule has 6 heteroatoms. The summed E-state index contributed by atoms with van der Waals surface area (Å²) in [4.78, 5) is 13.6. The SMILES string of the molecule is CCCCc1ccc(NC(=S)C2=C(NCc3ccc4c(c3)OCO4)CC(C)(C)CC2=O)cc1. The predicted molar refractivity (Wildman–Crippen MR) is 136 cm³/mol. The minimum Gasteiger partial charge on any atom is -0.454 e. The van der Waals surface area contributed by atoms with E-state index in [0.29, 0.717) is 23.5 Å². The van der Waals surface area contributed by atoms with Crippen molar-refractivity contribution in [1.82, 2.24) is 5.32 Å². The fraction of sp³-hybridized carbons (Fsp3) is 0.407. The maximum absolute atomic E-state index is 13.1. The lowest BCUT2D eigenvalue weighted by molar-refractivity contribution is -0.117. The number of thiocarbonyl (C=S) groups is 1. The van der Waals surface area contributed by atoms with Gasteiger partial charge in [0.2, 0.25) is 6.79 Å². The van der Waals surface area contributed by atoms with Gasteiger partial charge in [-0.25, -0.2) is 0 Å². The number of ether oxygens (including phenoxy) is 2. The Morgan fingerprint density at radius 2 is 1.76 bits per heavy atom. The topological polar surface area (TPSA) is 59.6 Å². The number of unbranched alkanes of at least 4 members (excludes halogenated alkanes) is 1. The van der Waals surface area contributed by atoms with Crippen molar-refractivity contribution in [3.05, 3.63) is 64.9 Å². The number of anilines is 1. The number of hydrogen-bond donors (Lipinski definition) is 2. The Morgan fingerprint density at radius 1 is 1.03 bits per heavy atom. The molecule has 0 saturated carbocycles. The van der Waals surface area contributed by atoms with E-state index in [-0.39, 0.29) is 18.0 Å². The standard InChI is InChI=1S/C27H32N2O3S/c1-4-5-6-18-7-10-20(11-8-18)29-26(33)25-21(14-27(2,3)15-22(25)30)28-16-19-9-12-23-24(13-19)32-17-31-23/h7-13,28H,4-6,14-17H2,1-3H3,(H,29,33). The lowest BCUT2D eigenvalue weighted by Gasteiger charge is -2.33. The Morgan fingerprint density at radius 3 is 2.52 bits per heavy atom. The number of carbonyl (C=O) groups is 1. The summed E-state index contributed by atoms with van der Waals surface area (Å²) in [6.45, 7) is 7.27. The van der Waals surface area contributed by atoms with Crippen LogP contribution in [0.25, 0.3) is 0 Å². The molecule has 33 heavy (non-hydrogen) atoms. The molecule has 0 aromatic heterocycles. The molecule has 1 aliphatic heterocycles. The number of Topliss-reactive ketones (excluding diaryl/α,β-unsaturated/α-hetero) is 1. The largest absolute Gasteiger partial charge is 0.454 e. The van der Waals surface area contributed by atoms with E-state index in [0.717, 1.165) is 41.3 Å². The first-order valence-electron chi connectivity index (χ1n) is 11.6. The number of ketones is 1. The lowest BCUT2D eigenvalue weighted by atomic mass is 9.75. The number of nitrogens with one attached hydrogen (secondary N) is 2. The summed E-state index contributed by atoms with van der Waals surface area (Å²) in [7, 11) is 0. The monoisotopic (exact) mass is 464 g/mol. The van der Waals surface area contributed by atoms with Gasteiger partial charge in [-0.15, -0.1) is 0 Å². The van der Waals surface area contributed by atoms with E-state index >= 15 is 0 Å². The van der Waals surface area contributed by atoms with Crippen LogP contribution in [0.5, 0.6) is 11.5 Å². The van der Waals surface area contributed by atoms with E-state index in [9.17, 15) is 4.79 Å². The Kier molecular flexibility index (Phi) is 7.03. The van der Waals surface area contributed by atoms with Gasteiger partial charge < -0.3 is 20.1 Å². The molecule has 1 aliphatic carbocycles. The van der Waals surface area contributed by atoms with Crippen molar-refractivity contribution in [2.24, 2.45) is 5.41 Å². The number of hydrogen-bond acceptors (Lipinski definition) is 5. The van der Waals surface area contributed by atoms with Crippen molar-refractivity contribution >= 4 is 28.7 Å². The molecule has 0 saturated heterocycles. The van der Waals surface area contributed by atoms with E-state index < -0.39 is 0 Å². The number of fused-ring (bicyclic) bond motifs is 1. The minimum absolute atomic E-state index is 0.0801. The zero-order valence-electron chi connectivity index (χ0n) is 19.6. The van der Waals surface area contributed by atoms with Crippen molar-refractivity contribution < 1.29 is 14.3 Å². The maximum Gasteiger partial charge on any atom is 0.231 e. The van der Waals surface area contributed by atoms with Crippen LogP contribution in [-0.2, 0) is 17.8 Å². The van der Waals surface area contributed by atoms with Crippen LogP contribution in [0.2, 0.25) is 0 Å².